The summed E-state index contributed by atoms with van der Waals surface area (Å²) >= 11 is 0. The van der Waals surface area contributed by atoms with E-state index in [4.69, 9.17) is 5.84 Å². The normalized spacial score (nSPS) is 10.9. The van der Waals surface area contributed by atoms with E-state index in [1.54, 1.807) is 28.4 Å². The molecule has 2 aromatic heterocycles. The van der Waals surface area contributed by atoms with Gasteiger partial charge >= 0.3 is 5.69 Å². The topological polar surface area (TPSA) is 77.9 Å². The van der Waals surface area contributed by atoms with Gasteiger partial charge in [-0.1, -0.05) is 0 Å². The van der Waals surface area contributed by atoms with E-state index in [0.29, 0.717) is 12.4 Å². The predicted octanol–water partition coefficient (Wildman–Crippen LogP) is 0.0405. The third kappa shape index (κ3) is 1.22. The minimum absolute atomic E-state index is 0.0583. The summed E-state index contributed by atoms with van der Waals surface area (Å²) in [5.41, 5.74) is 4.00. The molecule has 80 valence electrons. The Morgan fingerprint density at radius 3 is 2.93 bits per heavy atom. The van der Waals surface area contributed by atoms with E-state index in [-0.39, 0.29) is 5.69 Å². The van der Waals surface area contributed by atoms with Gasteiger partial charge in [0.2, 0.25) is 0 Å². The van der Waals surface area contributed by atoms with Crippen molar-refractivity contribution in [2.45, 2.75) is 13.5 Å². The second kappa shape index (κ2) is 3.39. The molecule has 0 radical (unpaired) electrons. The number of rotatable bonds is 2. The SMILES string of the molecule is CCn1c(=O)n(C)c2c(NN)nccc21. The molecule has 3 N–H and O–H groups in total. The van der Waals surface area contributed by atoms with Crippen LogP contribution in [0, 0.1) is 0 Å². The van der Waals surface area contributed by atoms with Crippen molar-refractivity contribution < 1.29 is 0 Å². The molecule has 0 saturated heterocycles. The van der Waals surface area contributed by atoms with E-state index in [0.717, 1.165) is 11.0 Å². The van der Waals surface area contributed by atoms with E-state index in [1.165, 1.54) is 0 Å². The van der Waals surface area contributed by atoms with Gasteiger partial charge in [-0.2, -0.15) is 0 Å². The lowest BCUT2D eigenvalue weighted by Gasteiger charge is -2.02. The highest BCUT2D eigenvalue weighted by Gasteiger charge is 2.12. The molecule has 0 unspecified atom stereocenters. The van der Waals surface area contributed by atoms with Crippen molar-refractivity contribution >= 4 is 16.9 Å². The van der Waals surface area contributed by atoms with Crippen LogP contribution in [-0.2, 0) is 13.6 Å². The Kier molecular flexibility index (Phi) is 2.20. The Hall–Kier alpha value is -1.82. The van der Waals surface area contributed by atoms with Crippen molar-refractivity contribution in [3.63, 3.8) is 0 Å². The van der Waals surface area contributed by atoms with Gasteiger partial charge in [0.25, 0.3) is 0 Å². The Balaban J connectivity index is 2.96. The summed E-state index contributed by atoms with van der Waals surface area (Å²) < 4.78 is 3.22. The summed E-state index contributed by atoms with van der Waals surface area (Å²) in [4.78, 5) is 15.9. The number of imidazole rings is 1. The van der Waals surface area contributed by atoms with Gasteiger partial charge in [0.05, 0.1) is 5.52 Å². The molecule has 0 atom stereocenters. The smallest absolute Gasteiger partial charge is 0.307 e. The first-order valence-corrected chi connectivity index (χ1v) is 4.71. The lowest BCUT2D eigenvalue weighted by molar-refractivity contribution is 0.712. The number of hydrazine groups is 1. The quantitative estimate of drug-likeness (QED) is 0.538. The van der Waals surface area contributed by atoms with Crippen LogP contribution < -0.4 is 17.0 Å². The largest absolute Gasteiger partial charge is 0.328 e. The highest BCUT2D eigenvalue weighted by Crippen LogP contribution is 2.18. The van der Waals surface area contributed by atoms with Gasteiger partial charge in [0.1, 0.15) is 5.52 Å². The fraction of sp³-hybridized carbons (Fsp3) is 0.333. The zero-order valence-corrected chi connectivity index (χ0v) is 8.69. The molecule has 2 rings (SSSR count). The summed E-state index contributed by atoms with van der Waals surface area (Å²) in [5.74, 6) is 5.86. The van der Waals surface area contributed by atoms with Gasteiger partial charge in [0, 0.05) is 19.8 Å². The number of hydrogen-bond donors (Lipinski definition) is 2. The molecule has 0 aromatic carbocycles. The minimum atomic E-state index is -0.0583. The first-order chi connectivity index (χ1) is 7.20. The summed E-state index contributed by atoms with van der Waals surface area (Å²) in [6.45, 7) is 2.56. The van der Waals surface area contributed by atoms with Crippen LogP contribution in [0.25, 0.3) is 11.0 Å². The summed E-state index contributed by atoms with van der Waals surface area (Å²) in [6, 6.07) is 1.81. The van der Waals surface area contributed by atoms with E-state index in [9.17, 15) is 4.79 Å². The van der Waals surface area contributed by atoms with Crippen LogP contribution in [0.5, 0.6) is 0 Å². The number of fused-ring (bicyclic) bond motifs is 1. The van der Waals surface area contributed by atoms with Gasteiger partial charge in [-0.15, -0.1) is 0 Å². The fourth-order valence-corrected chi connectivity index (χ4v) is 1.78. The van der Waals surface area contributed by atoms with Crippen molar-refractivity contribution in [2.75, 3.05) is 5.43 Å². The van der Waals surface area contributed by atoms with Crippen LogP contribution in [0.1, 0.15) is 6.92 Å². The zero-order valence-electron chi connectivity index (χ0n) is 8.69. The number of pyridine rings is 1. The van der Waals surface area contributed by atoms with Crippen molar-refractivity contribution in [3.05, 3.63) is 22.7 Å². The van der Waals surface area contributed by atoms with Gasteiger partial charge < -0.3 is 5.43 Å². The molecule has 0 saturated carbocycles. The van der Waals surface area contributed by atoms with E-state index in [1.807, 2.05) is 6.92 Å². The molecule has 15 heavy (non-hydrogen) atoms. The van der Waals surface area contributed by atoms with Gasteiger partial charge in [-0.05, 0) is 13.0 Å². The lowest BCUT2D eigenvalue weighted by atomic mass is 10.3. The van der Waals surface area contributed by atoms with Crippen LogP contribution in [0.3, 0.4) is 0 Å². The molecule has 6 heteroatoms. The van der Waals surface area contributed by atoms with Crippen molar-refractivity contribution in [2.24, 2.45) is 12.9 Å². The molecule has 0 aliphatic carbocycles. The minimum Gasteiger partial charge on any atom is -0.307 e. The summed E-state index contributed by atoms with van der Waals surface area (Å²) in [7, 11) is 1.71. The van der Waals surface area contributed by atoms with E-state index < -0.39 is 0 Å². The number of nitrogen functional groups attached to an aromatic ring is 1. The van der Waals surface area contributed by atoms with Crippen LogP contribution in [0.4, 0.5) is 5.82 Å². The maximum atomic E-state index is 11.8. The number of aromatic nitrogens is 3. The second-order valence-corrected chi connectivity index (χ2v) is 3.26. The van der Waals surface area contributed by atoms with Crippen molar-refractivity contribution in [1.82, 2.24) is 14.1 Å². The number of aryl methyl sites for hydroxylation is 2. The Morgan fingerprint density at radius 2 is 2.33 bits per heavy atom. The predicted molar refractivity (Wildman–Crippen MR) is 58.5 cm³/mol. The average Bonchev–Trinajstić information content (AvgIpc) is 2.51. The Labute approximate surface area is 86.3 Å². The third-order valence-electron chi connectivity index (χ3n) is 2.50. The van der Waals surface area contributed by atoms with Crippen LogP contribution in [0.2, 0.25) is 0 Å². The molecule has 0 fully saturated rings. The maximum Gasteiger partial charge on any atom is 0.328 e. The Bertz CT molecular complexity index is 553. The highest BCUT2D eigenvalue weighted by atomic mass is 16.1. The molecule has 0 aliphatic rings. The van der Waals surface area contributed by atoms with E-state index in [2.05, 4.69) is 10.4 Å². The molecular formula is C9H13N5O. The number of hydrogen-bond acceptors (Lipinski definition) is 4. The molecule has 0 bridgehead atoms. The monoisotopic (exact) mass is 207 g/mol. The Morgan fingerprint density at radius 1 is 1.60 bits per heavy atom. The average molecular weight is 207 g/mol. The molecule has 6 nitrogen and oxygen atoms in total. The molecule has 0 aliphatic heterocycles. The van der Waals surface area contributed by atoms with Gasteiger partial charge in [0.15, 0.2) is 5.82 Å². The summed E-state index contributed by atoms with van der Waals surface area (Å²) in [6.07, 6.45) is 1.63. The zero-order chi connectivity index (χ0) is 11.0. The number of nitrogens with two attached hydrogens (primary N) is 1. The maximum absolute atomic E-state index is 11.8. The number of nitrogens with one attached hydrogen (secondary N) is 1. The molecule has 2 heterocycles. The molecule has 2 aromatic rings. The van der Waals surface area contributed by atoms with Crippen molar-refractivity contribution in [3.8, 4) is 0 Å². The highest BCUT2D eigenvalue weighted by molar-refractivity contribution is 5.86. The third-order valence-corrected chi connectivity index (χ3v) is 2.50. The summed E-state index contributed by atoms with van der Waals surface area (Å²) in [5, 5.41) is 0. The standard InChI is InChI=1S/C9H13N5O/c1-3-14-6-4-5-11-8(12-10)7(6)13(2)9(14)15/h4-5H,3,10H2,1-2H3,(H,11,12). The van der Waals surface area contributed by atoms with Gasteiger partial charge in [-0.3, -0.25) is 9.13 Å². The van der Waals surface area contributed by atoms with Crippen LogP contribution in [0.15, 0.2) is 17.1 Å². The van der Waals surface area contributed by atoms with Crippen molar-refractivity contribution in [1.29, 1.82) is 0 Å². The van der Waals surface area contributed by atoms with Crippen LogP contribution in [-0.4, -0.2) is 14.1 Å². The molecule has 0 spiro atoms. The first kappa shape index (κ1) is 9.72. The number of nitrogens with zero attached hydrogens (tertiary/aromatic N) is 3. The lowest BCUT2D eigenvalue weighted by Crippen LogP contribution is -2.21. The first-order valence-electron chi connectivity index (χ1n) is 4.71. The van der Waals surface area contributed by atoms with Gasteiger partial charge in [-0.25, -0.2) is 15.6 Å². The molecule has 0 amide bonds. The van der Waals surface area contributed by atoms with Crippen LogP contribution >= 0.6 is 0 Å². The second-order valence-electron chi connectivity index (χ2n) is 3.26. The van der Waals surface area contributed by atoms with E-state index >= 15 is 0 Å². The molecular weight excluding hydrogens is 194 g/mol. The fourth-order valence-electron chi connectivity index (χ4n) is 1.78. The number of anilines is 1.